The summed E-state index contributed by atoms with van der Waals surface area (Å²) < 4.78 is 5.33. The lowest BCUT2D eigenvalue weighted by atomic mass is 10.1. The number of hydrogen-bond donors (Lipinski definition) is 1. The van der Waals surface area contributed by atoms with Crippen LogP contribution in [0.5, 0.6) is 0 Å². The first-order valence-electron chi connectivity index (χ1n) is 10.5. The second kappa shape index (κ2) is 8.92. The number of hydrogen-bond acceptors (Lipinski definition) is 5. The highest BCUT2D eigenvalue weighted by Gasteiger charge is 2.35. The molecule has 4 rings (SSSR count). The molecule has 1 atom stereocenters. The van der Waals surface area contributed by atoms with Crippen LogP contribution >= 0.6 is 0 Å². The largest absolute Gasteiger partial charge is 0.379 e. The first-order valence-corrected chi connectivity index (χ1v) is 10.5. The van der Waals surface area contributed by atoms with Gasteiger partial charge in [0.05, 0.1) is 24.6 Å². The SMILES string of the molecule is O=C(CCC(=O)N1C[C@@H]2CCCN2c2ccccc21)NCCN1CCOCC1. The van der Waals surface area contributed by atoms with Gasteiger partial charge in [-0.25, -0.2) is 0 Å². The number of amides is 2. The second-order valence-corrected chi connectivity index (χ2v) is 7.79. The Morgan fingerprint density at radius 1 is 1.07 bits per heavy atom. The summed E-state index contributed by atoms with van der Waals surface area (Å²) in [4.78, 5) is 31.7. The number of anilines is 2. The van der Waals surface area contributed by atoms with Crippen LogP contribution in [-0.2, 0) is 14.3 Å². The summed E-state index contributed by atoms with van der Waals surface area (Å²) >= 11 is 0. The van der Waals surface area contributed by atoms with Crippen molar-refractivity contribution in [3.63, 3.8) is 0 Å². The van der Waals surface area contributed by atoms with Crippen LogP contribution in [0, 0.1) is 0 Å². The third-order valence-electron chi connectivity index (χ3n) is 5.97. The fourth-order valence-corrected chi connectivity index (χ4v) is 4.45. The molecular formula is C21H30N4O3. The maximum Gasteiger partial charge on any atom is 0.227 e. The Balaban J connectivity index is 1.26. The summed E-state index contributed by atoms with van der Waals surface area (Å²) in [5, 5.41) is 2.94. The lowest BCUT2D eigenvalue weighted by molar-refractivity contribution is -0.125. The Bertz CT molecular complexity index is 705. The van der Waals surface area contributed by atoms with Crippen molar-refractivity contribution in [3.8, 4) is 0 Å². The van der Waals surface area contributed by atoms with Gasteiger partial charge in [-0.05, 0) is 25.0 Å². The first kappa shape index (κ1) is 19.2. The van der Waals surface area contributed by atoms with Gasteiger partial charge in [-0.15, -0.1) is 0 Å². The Hall–Kier alpha value is -2.12. The molecule has 152 valence electrons. The normalized spacial score (nSPS) is 21.9. The zero-order valence-corrected chi connectivity index (χ0v) is 16.4. The van der Waals surface area contributed by atoms with Gasteiger partial charge >= 0.3 is 0 Å². The molecule has 1 aromatic rings. The van der Waals surface area contributed by atoms with Gasteiger partial charge in [0.1, 0.15) is 0 Å². The molecule has 0 aromatic heterocycles. The number of para-hydroxylation sites is 2. The van der Waals surface area contributed by atoms with E-state index in [0.29, 0.717) is 12.6 Å². The lowest BCUT2D eigenvalue weighted by Crippen LogP contribution is -2.48. The molecule has 3 heterocycles. The molecule has 0 spiro atoms. The van der Waals surface area contributed by atoms with Gasteiger partial charge in [0.25, 0.3) is 0 Å². The molecule has 2 saturated heterocycles. The van der Waals surface area contributed by atoms with Crippen LogP contribution < -0.4 is 15.1 Å². The summed E-state index contributed by atoms with van der Waals surface area (Å²) in [6.07, 6.45) is 2.80. The van der Waals surface area contributed by atoms with Crippen LogP contribution in [0.25, 0.3) is 0 Å². The van der Waals surface area contributed by atoms with E-state index in [0.717, 1.165) is 63.7 Å². The quantitative estimate of drug-likeness (QED) is 0.797. The summed E-state index contributed by atoms with van der Waals surface area (Å²) in [7, 11) is 0. The van der Waals surface area contributed by atoms with Gasteiger partial charge in [0, 0.05) is 58.2 Å². The van der Waals surface area contributed by atoms with E-state index in [1.165, 1.54) is 6.42 Å². The first-order chi connectivity index (χ1) is 13.7. The Labute approximate surface area is 166 Å². The molecule has 0 unspecified atom stereocenters. The maximum absolute atomic E-state index is 12.9. The number of fused-ring (bicyclic) bond motifs is 3. The number of rotatable bonds is 6. The molecule has 1 aromatic carbocycles. The number of benzene rings is 1. The van der Waals surface area contributed by atoms with Crippen LogP contribution in [0.15, 0.2) is 24.3 Å². The molecule has 0 saturated carbocycles. The lowest BCUT2D eigenvalue weighted by Gasteiger charge is -2.40. The third-order valence-corrected chi connectivity index (χ3v) is 5.97. The predicted molar refractivity (Wildman–Crippen MR) is 109 cm³/mol. The summed E-state index contributed by atoms with van der Waals surface area (Å²) in [5.41, 5.74) is 2.14. The van der Waals surface area contributed by atoms with E-state index in [1.807, 2.05) is 23.1 Å². The molecule has 0 aliphatic carbocycles. The number of morpholine rings is 1. The van der Waals surface area contributed by atoms with Gasteiger partial charge in [-0.2, -0.15) is 0 Å². The van der Waals surface area contributed by atoms with Crippen LogP contribution in [0.2, 0.25) is 0 Å². The highest BCUT2D eigenvalue weighted by molar-refractivity contribution is 5.99. The van der Waals surface area contributed by atoms with Crippen molar-refractivity contribution in [3.05, 3.63) is 24.3 Å². The monoisotopic (exact) mass is 386 g/mol. The van der Waals surface area contributed by atoms with Gasteiger partial charge in [-0.1, -0.05) is 12.1 Å². The van der Waals surface area contributed by atoms with E-state index in [-0.39, 0.29) is 24.7 Å². The topological polar surface area (TPSA) is 65.1 Å². The van der Waals surface area contributed by atoms with E-state index in [2.05, 4.69) is 21.2 Å². The fourth-order valence-electron chi connectivity index (χ4n) is 4.45. The minimum Gasteiger partial charge on any atom is -0.379 e. The molecule has 7 heteroatoms. The highest BCUT2D eigenvalue weighted by atomic mass is 16.5. The summed E-state index contributed by atoms with van der Waals surface area (Å²) in [6.45, 7) is 6.61. The number of carbonyl (C=O) groups excluding carboxylic acids is 2. The smallest absolute Gasteiger partial charge is 0.227 e. The average molecular weight is 386 g/mol. The minimum atomic E-state index is -0.0469. The van der Waals surface area contributed by atoms with Crippen molar-refractivity contribution in [1.29, 1.82) is 0 Å². The number of nitrogens with zero attached hydrogens (tertiary/aromatic N) is 3. The van der Waals surface area contributed by atoms with Gasteiger partial charge in [0.15, 0.2) is 0 Å². The molecular weight excluding hydrogens is 356 g/mol. The van der Waals surface area contributed by atoms with Crippen molar-refractivity contribution in [2.75, 3.05) is 62.3 Å². The van der Waals surface area contributed by atoms with E-state index in [1.54, 1.807) is 0 Å². The van der Waals surface area contributed by atoms with E-state index in [9.17, 15) is 9.59 Å². The van der Waals surface area contributed by atoms with Crippen LogP contribution in [0.4, 0.5) is 11.4 Å². The molecule has 2 amide bonds. The van der Waals surface area contributed by atoms with Crippen molar-refractivity contribution in [2.45, 2.75) is 31.7 Å². The van der Waals surface area contributed by atoms with E-state index < -0.39 is 0 Å². The Kier molecular flexibility index (Phi) is 6.12. The highest BCUT2D eigenvalue weighted by Crippen LogP contribution is 2.39. The summed E-state index contributed by atoms with van der Waals surface area (Å²) in [5.74, 6) is -0.00303. The van der Waals surface area contributed by atoms with Crippen molar-refractivity contribution in [2.24, 2.45) is 0 Å². The van der Waals surface area contributed by atoms with Gasteiger partial charge in [0.2, 0.25) is 11.8 Å². The van der Waals surface area contributed by atoms with Crippen LogP contribution in [0.1, 0.15) is 25.7 Å². The fraction of sp³-hybridized carbons (Fsp3) is 0.619. The number of ether oxygens (including phenoxy) is 1. The molecule has 28 heavy (non-hydrogen) atoms. The standard InChI is InChI=1S/C21H30N4O3/c26-20(22-9-11-23-12-14-28-15-13-23)7-8-21(27)25-16-17-4-3-10-24(17)18-5-1-2-6-19(18)25/h1-2,5-6,17H,3-4,7-16H2,(H,22,26)/t17-/m0/s1. The molecule has 3 aliphatic heterocycles. The molecule has 7 nitrogen and oxygen atoms in total. The minimum absolute atomic E-state index is 0.0438. The Morgan fingerprint density at radius 2 is 1.86 bits per heavy atom. The van der Waals surface area contributed by atoms with Crippen LogP contribution in [-0.4, -0.2) is 75.2 Å². The number of nitrogens with one attached hydrogen (secondary N) is 1. The maximum atomic E-state index is 12.9. The summed E-state index contributed by atoms with van der Waals surface area (Å²) in [6, 6.07) is 8.54. The molecule has 0 radical (unpaired) electrons. The zero-order valence-electron chi connectivity index (χ0n) is 16.4. The average Bonchev–Trinajstić information content (AvgIpc) is 3.21. The van der Waals surface area contributed by atoms with Crippen LogP contribution in [0.3, 0.4) is 0 Å². The molecule has 2 fully saturated rings. The zero-order chi connectivity index (χ0) is 19.3. The second-order valence-electron chi connectivity index (χ2n) is 7.79. The predicted octanol–water partition coefficient (Wildman–Crippen LogP) is 1.23. The Morgan fingerprint density at radius 3 is 2.68 bits per heavy atom. The van der Waals surface area contributed by atoms with Gasteiger partial charge < -0.3 is 19.9 Å². The molecule has 3 aliphatic rings. The number of carbonyl (C=O) groups is 2. The van der Waals surface area contributed by atoms with E-state index in [4.69, 9.17) is 4.74 Å². The molecule has 1 N–H and O–H groups in total. The van der Waals surface area contributed by atoms with Crippen molar-refractivity contribution < 1.29 is 14.3 Å². The van der Waals surface area contributed by atoms with Gasteiger partial charge in [-0.3, -0.25) is 14.5 Å². The van der Waals surface area contributed by atoms with Crippen molar-refractivity contribution in [1.82, 2.24) is 10.2 Å². The van der Waals surface area contributed by atoms with E-state index >= 15 is 0 Å². The molecule has 0 bridgehead atoms. The van der Waals surface area contributed by atoms with Crippen molar-refractivity contribution >= 4 is 23.2 Å². The third kappa shape index (κ3) is 4.31.